The van der Waals surface area contributed by atoms with Gasteiger partial charge in [-0.3, -0.25) is 0 Å². The van der Waals surface area contributed by atoms with Crippen molar-refractivity contribution < 1.29 is 8.78 Å². The Hall–Kier alpha value is -0.480. The van der Waals surface area contributed by atoms with E-state index >= 15 is 0 Å². The molecule has 0 unspecified atom stereocenters. The summed E-state index contributed by atoms with van der Waals surface area (Å²) in [6, 6.07) is 3.67. The number of alkyl halides is 1. The van der Waals surface area contributed by atoms with E-state index in [4.69, 9.17) is 0 Å². The van der Waals surface area contributed by atoms with Gasteiger partial charge in [-0.1, -0.05) is 22.0 Å². The first-order chi connectivity index (χ1) is 6.63. The first-order valence-corrected chi connectivity index (χ1v) is 5.44. The van der Waals surface area contributed by atoms with Gasteiger partial charge in [0.25, 0.3) is 0 Å². The topological polar surface area (TPSA) is 3.24 Å². The molecule has 0 aliphatic heterocycles. The zero-order valence-corrected chi connectivity index (χ0v) is 9.52. The first-order valence-electron chi connectivity index (χ1n) is 4.32. The number of rotatable bonds is 4. The Morgan fingerprint density at radius 1 is 1.36 bits per heavy atom. The molecule has 1 aromatic carbocycles. The average molecular weight is 264 g/mol. The Labute approximate surface area is 90.8 Å². The van der Waals surface area contributed by atoms with Crippen molar-refractivity contribution in [3.8, 4) is 0 Å². The van der Waals surface area contributed by atoms with Crippen LogP contribution in [0.2, 0.25) is 0 Å². The molecule has 1 nitrogen and oxygen atoms in total. The maximum Gasteiger partial charge on any atom is 0.130 e. The molecule has 4 heteroatoms. The van der Waals surface area contributed by atoms with Gasteiger partial charge in [-0.2, -0.15) is 0 Å². The van der Waals surface area contributed by atoms with Crippen LogP contribution in [0.15, 0.2) is 18.2 Å². The van der Waals surface area contributed by atoms with E-state index in [0.29, 0.717) is 12.1 Å². The monoisotopic (exact) mass is 263 g/mol. The van der Waals surface area contributed by atoms with Crippen LogP contribution in [-0.2, 0) is 6.54 Å². The van der Waals surface area contributed by atoms with Crippen molar-refractivity contribution in [3.05, 3.63) is 35.4 Å². The van der Waals surface area contributed by atoms with Gasteiger partial charge in [0.15, 0.2) is 0 Å². The molecule has 0 radical (unpaired) electrons. The quantitative estimate of drug-likeness (QED) is 0.756. The molecule has 0 aliphatic carbocycles. The Bertz CT molecular complexity index is 304. The second-order valence-electron chi connectivity index (χ2n) is 3.16. The highest BCUT2D eigenvalue weighted by molar-refractivity contribution is 9.09. The summed E-state index contributed by atoms with van der Waals surface area (Å²) in [4.78, 5) is 1.96. The van der Waals surface area contributed by atoms with Crippen molar-refractivity contribution >= 4 is 15.9 Å². The van der Waals surface area contributed by atoms with Gasteiger partial charge in [0.1, 0.15) is 11.6 Å². The van der Waals surface area contributed by atoms with E-state index in [1.165, 1.54) is 12.1 Å². The van der Waals surface area contributed by atoms with Crippen LogP contribution in [0, 0.1) is 11.6 Å². The van der Waals surface area contributed by atoms with Gasteiger partial charge in [0.2, 0.25) is 0 Å². The second-order valence-corrected chi connectivity index (χ2v) is 3.96. The third-order valence-electron chi connectivity index (χ3n) is 1.92. The number of benzene rings is 1. The van der Waals surface area contributed by atoms with Crippen LogP contribution < -0.4 is 0 Å². The molecule has 14 heavy (non-hydrogen) atoms. The Kier molecular flexibility index (Phi) is 4.48. The van der Waals surface area contributed by atoms with E-state index in [2.05, 4.69) is 15.9 Å². The molecule has 0 N–H and O–H groups in total. The summed E-state index contributed by atoms with van der Waals surface area (Å²) in [5.41, 5.74) is 0.523. The van der Waals surface area contributed by atoms with Crippen LogP contribution in [0.1, 0.15) is 5.56 Å². The van der Waals surface area contributed by atoms with E-state index in [9.17, 15) is 8.78 Å². The highest BCUT2D eigenvalue weighted by Gasteiger charge is 2.05. The van der Waals surface area contributed by atoms with E-state index in [0.717, 1.165) is 17.9 Å². The van der Waals surface area contributed by atoms with Gasteiger partial charge in [0, 0.05) is 30.0 Å². The van der Waals surface area contributed by atoms with Gasteiger partial charge in [-0.05, 0) is 13.1 Å². The lowest BCUT2D eigenvalue weighted by Gasteiger charge is -2.15. The van der Waals surface area contributed by atoms with Crippen molar-refractivity contribution in [3.63, 3.8) is 0 Å². The molecule has 0 spiro atoms. The fourth-order valence-corrected chi connectivity index (χ4v) is 1.77. The standard InChI is InChI=1S/C10H12BrF2N/c1-14(5-4-11)7-8-2-3-9(12)6-10(8)13/h2-3,6H,4-5,7H2,1H3. The Morgan fingerprint density at radius 3 is 2.64 bits per heavy atom. The smallest absolute Gasteiger partial charge is 0.130 e. The third kappa shape index (κ3) is 3.35. The predicted octanol–water partition coefficient (Wildman–Crippen LogP) is 2.79. The molecular weight excluding hydrogens is 252 g/mol. The molecule has 0 heterocycles. The van der Waals surface area contributed by atoms with E-state index < -0.39 is 11.6 Å². The van der Waals surface area contributed by atoms with Crippen LogP contribution in [0.25, 0.3) is 0 Å². The van der Waals surface area contributed by atoms with Crippen LogP contribution in [0.5, 0.6) is 0 Å². The normalized spacial score (nSPS) is 10.9. The fraction of sp³-hybridized carbons (Fsp3) is 0.400. The van der Waals surface area contributed by atoms with Gasteiger partial charge in [-0.25, -0.2) is 8.78 Å². The SMILES string of the molecule is CN(CCBr)Cc1ccc(F)cc1F. The fourth-order valence-electron chi connectivity index (χ4n) is 1.16. The van der Waals surface area contributed by atoms with Crippen molar-refractivity contribution in [1.29, 1.82) is 0 Å². The molecule has 0 saturated carbocycles. The van der Waals surface area contributed by atoms with E-state index in [1.807, 2.05) is 11.9 Å². The zero-order chi connectivity index (χ0) is 10.6. The molecule has 0 amide bonds. The minimum atomic E-state index is -0.533. The summed E-state index contributed by atoms with van der Waals surface area (Å²) in [7, 11) is 1.89. The van der Waals surface area contributed by atoms with Crippen molar-refractivity contribution in [2.24, 2.45) is 0 Å². The van der Waals surface area contributed by atoms with Crippen molar-refractivity contribution in [1.82, 2.24) is 4.90 Å². The largest absolute Gasteiger partial charge is 0.301 e. The third-order valence-corrected chi connectivity index (χ3v) is 2.28. The minimum Gasteiger partial charge on any atom is -0.301 e. The Balaban J connectivity index is 2.67. The first kappa shape index (κ1) is 11.6. The van der Waals surface area contributed by atoms with E-state index in [1.54, 1.807) is 0 Å². The van der Waals surface area contributed by atoms with E-state index in [-0.39, 0.29) is 0 Å². The summed E-state index contributed by atoms with van der Waals surface area (Å²) in [5, 5.41) is 0.840. The summed E-state index contributed by atoms with van der Waals surface area (Å²) in [5.74, 6) is -1.01. The summed E-state index contributed by atoms with van der Waals surface area (Å²) in [6.07, 6.45) is 0. The average Bonchev–Trinajstić information content (AvgIpc) is 2.10. The zero-order valence-electron chi connectivity index (χ0n) is 7.93. The lowest BCUT2D eigenvalue weighted by molar-refractivity contribution is 0.342. The minimum absolute atomic E-state index is 0.480. The highest BCUT2D eigenvalue weighted by Crippen LogP contribution is 2.11. The molecule has 0 atom stereocenters. The molecule has 0 fully saturated rings. The molecule has 0 aromatic heterocycles. The summed E-state index contributed by atoms with van der Waals surface area (Å²) in [6.45, 7) is 1.33. The molecular formula is C10H12BrF2N. The maximum atomic E-state index is 13.2. The lowest BCUT2D eigenvalue weighted by Crippen LogP contribution is -2.20. The van der Waals surface area contributed by atoms with Gasteiger partial charge < -0.3 is 4.90 Å². The predicted molar refractivity (Wildman–Crippen MR) is 56.5 cm³/mol. The maximum absolute atomic E-state index is 13.2. The molecule has 0 aliphatic rings. The van der Waals surface area contributed by atoms with Gasteiger partial charge in [-0.15, -0.1) is 0 Å². The van der Waals surface area contributed by atoms with Crippen molar-refractivity contribution in [2.45, 2.75) is 6.54 Å². The number of hydrogen-bond donors (Lipinski definition) is 0. The molecule has 0 saturated heterocycles. The molecule has 0 bridgehead atoms. The van der Waals surface area contributed by atoms with Crippen molar-refractivity contribution in [2.75, 3.05) is 18.9 Å². The number of halogens is 3. The van der Waals surface area contributed by atoms with Crippen LogP contribution in [0.4, 0.5) is 8.78 Å². The van der Waals surface area contributed by atoms with Gasteiger partial charge >= 0.3 is 0 Å². The summed E-state index contributed by atoms with van der Waals surface area (Å²) < 4.78 is 25.7. The summed E-state index contributed by atoms with van der Waals surface area (Å²) >= 11 is 3.30. The lowest BCUT2D eigenvalue weighted by atomic mass is 10.2. The van der Waals surface area contributed by atoms with Crippen LogP contribution >= 0.6 is 15.9 Å². The molecule has 1 rings (SSSR count). The Morgan fingerprint density at radius 2 is 2.07 bits per heavy atom. The van der Waals surface area contributed by atoms with Gasteiger partial charge in [0.05, 0.1) is 0 Å². The van der Waals surface area contributed by atoms with Crippen LogP contribution in [-0.4, -0.2) is 23.8 Å². The highest BCUT2D eigenvalue weighted by atomic mass is 79.9. The molecule has 1 aromatic rings. The number of nitrogens with zero attached hydrogens (tertiary/aromatic N) is 1. The number of hydrogen-bond acceptors (Lipinski definition) is 1. The van der Waals surface area contributed by atoms with Crippen LogP contribution in [0.3, 0.4) is 0 Å². The molecule has 78 valence electrons. The second kappa shape index (κ2) is 5.41.